The van der Waals surface area contributed by atoms with Gasteiger partial charge in [0.15, 0.2) is 0 Å². The number of hydrogen-bond acceptors (Lipinski definition) is 7. The normalized spacial score (nSPS) is 10.2. The number of halogens is 1. The van der Waals surface area contributed by atoms with E-state index in [0.29, 0.717) is 4.47 Å². The molecule has 9 heteroatoms. The van der Waals surface area contributed by atoms with Crippen LogP contribution in [0.15, 0.2) is 28.9 Å². The Morgan fingerprint density at radius 3 is 2.90 bits per heavy atom. The SMILES string of the molecule is Cc1ccc(Oc2nc(NN)ncc2Br)c([N+](=O)[O-])c1. The van der Waals surface area contributed by atoms with Crippen molar-refractivity contribution < 1.29 is 9.66 Å². The third-order valence-electron chi connectivity index (χ3n) is 2.36. The van der Waals surface area contributed by atoms with Gasteiger partial charge in [0.1, 0.15) is 0 Å². The second-order valence-electron chi connectivity index (χ2n) is 3.82. The fraction of sp³-hybridized carbons (Fsp3) is 0.0909. The third-order valence-corrected chi connectivity index (χ3v) is 2.90. The molecule has 1 aromatic carbocycles. The molecule has 1 aromatic heterocycles. The van der Waals surface area contributed by atoms with Gasteiger partial charge in [-0.25, -0.2) is 10.8 Å². The highest BCUT2D eigenvalue weighted by molar-refractivity contribution is 9.10. The van der Waals surface area contributed by atoms with Crippen LogP contribution < -0.4 is 16.0 Å². The van der Waals surface area contributed by atoms with E-state index in [1.165, 1.54) is 18.3 Å². The maximum Gasteiger partial charge on any atom is 0.311 e. The van der Waals surface area contributed by atoms with E-state index in [2.05, 4.69) is 31.3 Å². The van der Waals surface area contributed by atoms with Crippen molar-refractivity contribution in [3.05, 3.63) is 44.5 Å². The molecule has 1 heterocycles. The van der Waals surface area contributed by atoms with E-state index in [1.54, 1.807) is 13.0 Å². The zero-order valence-electron chi connectivity index (χ0n) is 10.3. The van der Waals surface area contributed by atoms with Gasteiger partial charge in [0, 0.05) is 6.07 Å². The molecule has 0 radical (unpaired) electrons. The first-order chi connectivity index (χ1) is 9.51. The number of nitrogens with one attached hydrogen (secondary N) is 1. The van der Waals surface area contributed by atoms with Crippen molar-refractivity contribution in [3.8, 4) is 11.6 Å². The average molecular weight is 340 g/mol. The molecule has 0 aliphatic heterocycles. The lowest BCUT2D eigenvalue weighted by Crippen LogP contribution is -2.10. The number of rotatable bonds is 4. The van der Waals surface area contributed by atoms with Crippen LogP contribution in [0.4, 0.5) is 11.6 Å². The number of aryl methyl sites for hydroxylation is 1. The summed E-state index contributed by atoms with van der Waals surface area (Å²) in [5.74, 6) is 5.55. The second-order valence-corrected chi connectivity index (χ2v) is 4.68. The zero-order valence-corrected chi connectivity index (χ0v) is 11.9. The summed E-state index contributed by atoms with van der Waals surface area (Å²) >= 11 is 3.20. The van der Waals surface area contributed by atoms with Crippen LogP contribution in [0, 0.1) is 17.0 Å². The van der Waals surface area contributed by atoms with Crippen LogP contribution in [0.5, 0.6) is 11.6 Å². The van der Waals surface area contributed by atoms with Crippen LogP contribution in [0.1, 0.15) is 5.56 Å². The summed E-state index contributed by atoms with van der Waals surface area (Å²) in [4.78, 5) is 18.3. The predicted molar refractivity (Wildman–Crippen MR) is 75.4 cm³/mol. The largest absolute Gasteiger partial charge is 0.430 e. The minimum atomic E-state index is -0.514. The van der Waals surface area contributed by atoms with Crippen LogP contribution in [0.25, 0.3) is 0 Å². The van der Waals surface area contributed by atoms with Gasteiger partial charge in [0.05, 0.1) is 15.6 Å². The van der Waals surface area contributed by atoms with Crippen LogP contribution in [0.2, 0.25) is 0 Å². The smallest absolute Gasteiger partial charge is 0.311 e. The van der Waals surface area contributed by atoms with E-state index >= 15 is 0 Å². The van der Waals surface area contributed by atoms with E-state index in [0.717, 1.165) is 5.56 Å². The first-order valence-electron chi connectivity index (χ1n) is 5.43. The van der Waals surface area contributed by atoms with Crippen LogP contribution in [0.3, 0.4) is 0 Å². The maximum atomic E-state index is 11.0. The molecule has 3 N–H and O–H groups in total. The second kappa shape index (κ2) is 5.80. The number of benzene rings is 1. The number of ether oxygens (including phenoxy) is 1. The highest BCUT2D eigenvalue weighted by atomic mass is 79.9. The maximum absolute atomic E-state index is 11.0. The Labute approximate surface area is 122 Å². The van der Waals surface area contributed by atoms with E-state index in [9.17, 15) is 10.1 Å². The number of nitrogens with zero attached hydrogens (tertiary/aromatic N) is 3. The molecule has 8 nitrogen and oxygen atoms in total. The summed E-state index contributed by atoms with van der Waals surface area (Å²) in [6, 6.07) is 4.64. The number of hydrazine groups is 1. The van der Waals surface area contributed by atoms with E-state index in [4.69, 9.17) is 10.6 Å². The summed E-state index contributed by atoms with van der Waals surface area (Å²) < 4.78 is 5.91. The van der Waals surface area contributed by atoms with Gasteiger partial charge < -0.3 is 4.74 Å². The molecular weight excluding hydrogens is 330 g/mol. The third kappa shape index (κ3) is 3.00. The lowest BCUT2D eigenvalue weighted by molar-refractivity contribution is -0.385. The number of nitrogen functional groups attached to an aromatic ring is 1. The van der Waals surface area contributed by atoms with Gasteiger partial charge >= 0.3 is 5.69 Å². The highest BCUT2D eigenvalue weighted by Gasteiger charge is 2.18. The summed E-state index contributed by atoms with van der Waals surface area (Å²) in [5, 5.41) is 11.0. The van der Waals surface area contributed by atoms with Gasteiger partial charge in [-0.2, -0.15) is 4.98 Å². The Kier molecular flexibility index (Phi) is 4.11. The quantitative estimate of drug-likeness (QED) is 0.499. The van der Waals surface area contributed by atoms with E-state index in [1.807, 2.05) is 0 Å². The molecule has 0 unspecified atom stereocenters. The molecule has 104 valence electrons. The van der Waals surface area contributed by atoms with Crippen LogP contribution in [-0.4, -0.2) is 14.9 Å². The molecule has 0 atom stereocenters. The van der Waals surface area contributed by atoms with Crippen molar-refractivity contribution >= 4 is 27.6 Å². The number of nitro groups is 1. The molecule has 0 amide bonds. The Morgan fingerprint density at radius 1 is 1.50 bits per heavy atom. The lowest BCUT2D eigenvalue weighted by atomic mass is 10.2. The molecule has 0 aliphatic carbocycles. The van der Waals surface area contributed by atoms with Crippen molar-refractivity contribution in [1.82, 2.24) is 9.97 Å². The number of aromatic nitrogens is 2. The van der Waals surface area contributed by atoms with E-state index < -0.39 is 4.92 Å². The first-order valence-corrected chi connectivity index (χ1v) is 6.22. The van der Waals surface area contributed by atoms with Crippen molar-refractivity contribution in [2.24, 2.45) is 5.84 Å². The Morgan fingerprint density at radius 2 is 2.25 bits per heavy atom. The fourth-order valence-corrected chi connectivity index (χ4v) is 1.73. The number of hydrogen-bond donors (Lipinski definition) is 2. The zero-order chi connectivity index (χ0) is 14.7. The Balaban J connectivity index is 2.42. The van der Waals surface area contributed by atoms with Gasteiger partial charge in [-0.05, 0) is 34.5 Å². The monoisotopic (exact) mass is 339 g/mol. The molecule has 0 saturated heterocycles. The minimum absolute atomic E-state index is 0.0861. The molecule has 2 aromatic rings. The van der Waals surface area contributed by atoms with Crippen LogP contribution in [-0.2, 0) is 0 Å². The van der Waals surface area contributed by atoms with Crippen molar-refractivity contribution in [1.29, 1.82) is 0 Å². The number of nitro benzene ring substituents is 1. The van der Waals surface area contributed by atoms with Gasteiger partial charge in [0.25, 0.3) is 0 Å². The Hall–Kier alpha value is -2.26. The molecule has 0 fully saturated rings. The topological polar surface area (TPSA) is 116 Å². The van der Waals surface area contributed by atoms with Gasteiger partial charge in [-0.15, -0.1) is 0 Å². The van der Waals surface area contributed by atoms with Gasteiger partial charge in [0.2, 0.25) is 17.6 Å². The molecule has 0 saturated carbocycles. The van der Waals surface area contributed by atoms with Crippen molar-refractivity contribution in [3.63, 3.8) is 0 Å². The molecule has 0 aliphatic rings. The van der Waals surface area contributed by atoms with Gasteiger partial charge in [-0.1, -0.05) is 6.07 Å². The molecule has 0 bridgehead atoms. The van der Waals surface area contributed by atoms with E-state index in [-0.39, 0.29) is 23.3 Å². The van der Waals surface area contributed by atoms with Gasteiger partial charge in [-0.3, -0.25) is 15.5 Å². The summed E-state index contributed by atoms with van der Waals surface area (Å²) in [6.45, 7) is 1.76. The van der Waals surface area contributed by atoms with Crippen molar-refractivity contribution in [2.45, 2.75) is 6.92 Å². The molecular formula is C11H10BrN5O3. The lowest BCUT2D eigenvalue weighted by Gasteiger charge is -2.08. The van der Waals surface area contributed by atoms with Crippen LogP contribution >= 0.6 is 15.9 Å². The molecule has 0 spiro atoms. The summed E-state index contributed by atoms with van der Waals surface area (Å²) in [5.41, 5.74) is 2.89. The summed E-state index contributed by atoms with van der Waals surface area (Å²) in [6.07, 6.45) is 1.43. The predicted octanol–water partition coefficient (Wildman–Crippen LogP) is 2.53. The summed E-state index contributed by atoms with van der Waals surface area (Å²) in [7, 11) is 0. The molecule has 20 heavy (non-hydrogen) atoms. The first kappa shape index (κ1) is 14.2. The van der Waals surface area contributed by atoms with Crippen molar-refractivity contribution in [2.75, 3.05) is 5.43 Å². The average Bonchev–Trinajstić information content (AvgIpc) is 2.42. The minimum Gasteiger partial charge on any atom is -0.430 e. The Bertz CT molecular complexity index is 665. The number of nitrogens with two attached hydrogens (primary N) is 1. The standard InChI is InChI=1S/C11H10BrN5O3/c1-6-2-3-9(8(4-6)17(18)19)20-10-7(12)5-14-11(15-10)16-13/h2-5H,13H2,1H3,(H,14,15,16). The number of anilines is 1. The highest BCUT2D eigenvalue weighted by Crippen LogP contribution is 2.34. The fourth-order valence-electron chi connectivity index (χ4n) is 1.45. The molecule has 2 rings (SSSR count).